The van der Waals surface area contributed by atoms with Crippen LogP contribution in [0.15, 0.2) is 127 Å². The van der Waals surface area contributed by atoms with E-state index in [0.717, 1.165) is 44.1 Å². The summed E-state index contributed by atoms with van der Waals surface area (Å²) in [7, 11) is 4.22. The standard InChI is InChI=1S/C34H31NO2P2/c1-36-30-22-11-9-18-26(30)33(38-24-14-5-3-6-15-24)28-20-13-21-29(35)32(28)34(39-25-16-7-4-8-17-25)27-19-10-12-23-31(27)37-2/h3-23,38-39H,35H2,1-2H3. The minimum absolute atomic E-state index is 0.374. The van der Waals surface area contributed by atoms with Crippen LogP contribution in [-0.4, -0.2) is 14.2 Å². The Morgan fingerprint density at radius 1 is 0.513 bits per heavy atom. The average Bonchev–Trinajstić information content (AvgIpc) is 3.00. The molecule has 0 amide bonds. The van der Waals surface area contributed by atoms with Gasteiger partial charge in [0.25, 0.3) is 0 Å². The summed E-state index contributed by atoms with van der Waals surface area (Å²) >= 11 is 0. The maximum atomic E-state index is 6.89. The summed E-state index contributed by atoms with van der Waals surface area (Å²) in [4.78, 5) is 0. The molecule has 0 fully saturated rings. The second kappa shape index (κ2) is 12.8. The third-order valence-corrected chi connectivity index (χ3v) is 9.26. The van der Waals surface area contributed by atoms with Crippen molar-refractivity contribution in [3.8, 4) is 11.5 Å². The number of nitrogen functional groups attached to an aromatic ring is 1. The van der Waals surface area contributed by atoms with Gasteiger partial charge in [0, 0.05) is 22.0 Å². The van der Waals surface area contributed by atoms with E-state index in [4.69, 9.17) is 15.2 Å². The van der Waals surface area contributed by atoms with E-state index in [2.05, 4.69) is 84.9 Å². The molecule has 194 valence electrons. The normalized spacial score (nSPS) is 13.1. The molecule has 0 heterocycles. The molecule has 5 heteroatoms. The van der Waals surface area contributed by atoms with Crippen molar-refractivity contribution in [2.75, 3.05) is 20.0 Å². The number of ether oxygens (including phenoxy) is 2. The van der Waals surface area contributed by atoms with Crippen LogP contribution < -0.4 is 36.3 Å². The van der Waals surface area contributed by atoms with E-state index >= 15 is 0 Å². The van der Waals surface area contributed by atoms with Gasteiger partial charge in [0.05, 0.1) is 14.2 Å². The molecule has 5 rings (SSSR count). The van der Waals surface area contributed by atoms with Crippen molar-refractivity contribution >= 4 is 44.1 Å². The van der Waals surface area contributed by atoms with Crippen LogP contribution in [0.4, 0.5) is 5.69 Å². The fourth-order valence-corrected chi connectivity index (χ4v) is 7.36. The fourth-order valence-electron chi connectivity index (χ4n) is 4.64. The summed E-state index contributed by atoms with van der Waals surface area (Å²) in [6, 6.07) is 43.8. The highest BCUT2D eigenvalue weighted by atomic mass is 31.1. The van der Waals surface area contributed by atoms with Gasteiger partial charge in [-0.1, -0.05) is 126 Å². The number of methoxy groups -OCH3 is 2. The lowest BCUT2D eigenvalue weighted by atomic mass is 10.1. The third-order valence-electron chi connectivity index (χ3n) is 6.45. The van der Waals surface area contributed by atoms with E-state index in [1.54, 1.807) is 14.2 Å². The van der Waals surface area contributed by atoms with Crippen molar-refractivity contribution < 1.29 is 9.47 Å². The molecule has 0 aliphatic rings. The highest BCUT2D eigenvalue weighted by Gasteiger charge is 2.16. The Hall–Kier alpha value is -3.90. The van der Waals surface area contributed by atoms with E-state index in [0.29, 0.717) is 17.2 Å². The molecule has 0 spiro atoms. The van der Waals surface area contributed by atoms with Crippen LogP contribution in [0.3, 0.4) is 0 Å². The van der Waals surface area contributed by atoms with Crippen LogP contribution in [0.1, 0.15) is 11.1 Å². The molecule has 2 N–H and O–H groups in total. The van der Waals surface area contributed by atoms with Crippen LogP contribution >= 0.6 is 17.2 Å². The van der Waals surface area contributed by atoms with Crippen molar-refractivity contribution in [2.24, 2.45) is 0 Å². The summed E-state index contributed by atoms with van der Waals surface area (Å²) in [5.74, 6) is 1.67. The Labute approximate surface area is 233 Å². The number of hydrogen-bond acceptors (Lipinski definition) is 3. The Balaban J connectivity index is 1.95. The maximum absolute atomic E-state index is 6.89. The molecule has 3 nitrogen and oxygen atoms in total. The molecule has 0 radical (unpaired) electrons. The first-order chi connectivity index (χ1) is 19.2. The molecule has 0 aliphatic heterocycles. The van der Waals surface area contributed by atoms with Crippen LogP contribution in [0, 0.1) is 0 Å². The number of nitrogens with two attached hydrogens (primary N) is 1. The van der Waals surface area contributed by atoms with E-state index < -0.39 is 0 Å². The number of benzene rings is 5. The smallest absolute Gasteiger partial charge is 0.126 e. The molecule has 0 aromatic heterocycles. The molecule has 0 bridgehead atoms. The molecular weight excluding hydrogens is 516 g/mol. The van der Waals surface area contributed by atoms with Gasteiger partial charge < -0.3 is 15.2 Å². The Morgan fingerprint density at radius 3 is 1.51 bits per heavy atom. The zero-order valence-electron chi connectivity index (χ0n) is 22.0. The SMILES string of the molecule is COc1ccccc1C(Pc1ccccc1)=c1cccc(N)c1=C(Pc1ccccc1)c1ccccc1OC. The van der Waals surface area contributed by atoms with E-state index in [1.165, 1.54) is 15.9 Å². The molecule has 2 unspecified atom stereocenters. The fraction of sp³-hybridized carbons (Fsp3) is 0.0588. The molecule has 5 aromatic rings. The first-order valence-electron chi connectivity index (χ1n) is 12.7. The zero-order valence-corrected chi connectivity index (χ0v) is 24.0. The Bertz CT molecular complexity index is 1690. The van der Waals surface area contributed by atoms with Gasteiger partial charge in [-0.15, -0.1) is 0 Å². The Kier molecular flexibility index (Phi) is 8.74. The van der Waals surface area contributed by atoms with Crippen molar-refractivity contribution in [1.82, 2.24) is 0 Å². The highest BCUT2D eigenvalue weighted by molar-refractivity contribution is 7.59. The van der Waals surface area contributed by atoms with Gasteiger partial charge in [0.15, 0.2) is 0 Å². The monoisotopic (exact) mass is 547 g/mol. The zero-order chi connectivity index (χ0) is 27.0. The minimum atomic E-state index is 0.374. The maximum Gasteiger partial charge on any atom is 0.126 e. The number of para-hydroxylation sites is 2. The first-order valence-corrected chi connectivity index (χ1v) is 14.7. The van der Waals surface area contributed by atoms with Gasteiger partial charge in [0.1, 0.15) is 11.5 Å². The second-order valence-electron chi connectivity index (χ2n) is 8.90. The molecule has 2 atom stereocenters. The van der Waals surface area contributed by atoms with Gasteiger partial charge in [0.2, 0.25) is 0 Å². The summed E-state index contributed by atoms with van der Waals surface area (Å²) in [5.41, 5.74) is 9.74. The van der Waals surface area contributed by atoms with Crippen LogP contribution in [0.25, 0.3) is 10.6 Å². The summed E-state index contributed by atoms with van der Waals surface area (Å²) < 4.78 is 11.7. The highest BCUT2D eigenvalue weighted by Crippen LogP contribution is 2.38. The van der Waals surface area contributed by atoms with Gasteiger partial charge >= 0.3 is 0 Å². The van der Waals surface area contributed by atoms with Crippen molar-refractivity contribution in [2.45, 2.75) is 0 Å². The number of anilines is 1. The lowest BCUT2D eigenvalue weighted by Gasteiger charge is -2.17. The van der Waals surface area contributed by atoms with Crippen LogP contribution in [0.2, 0.25) is 0 Å². The minimum Gasteiger partial charge on any atom is -0.496 e. The second-order valence-corrected chi connectivity index (χ2v) is 11.6. The lowest BCUT2D eigenvalue weighted by molar-refractivity contribution is 0.413. The van der Waals surface area contributed by atoms with Crippen molar-refractivity contribution in [1.29, 1.82) is 0 Å². The average molecular weight is 548 g/mol. The van der Waals surface area contributed by atoms with Crippen molar-refractivity contribution in [3.05, 3.63) is 149 Å². The largest absolute Gasteiger partial charge is 0.496 e. The van der Waals surface area contributed by atoms with Gasteiger partial charge in [-0.3, -0.25) is 0 Å². The number of hydrogen-bond donors (Lipinski definition) is 1. The van der Waals surface area contributed by atoms with Crippen LogP contribution in [0.5, 0.6) is 11.5 Å². The summed E-state index contributed by atoms with van der Waals surface area (Å²) in [6.45, 7) is 0. The summed E-state index contributed by atoms with van der Waals surface area (Å²) in [6.07, 6.45) is 0. The topological polar surface area (TPSA) is 44.5 Å². The quantitative estimate of drug-likeness (QED) is 0.203. The van der Waals surface area contributed by atoms with Crippen molar-refractivity contribution in [3.63, 3.8) is 0 Å². The summed E-state index contributed by atoms with van der Waals surface area (Å²) in [5, 5.41) is 6.95. The molecule has 0 aliphatic carbocycles. The predicted molar refractivity (Wildman–Crippen MR) is 170 cm³/mol. The molecule has 0 saturated heterocycles. The Morgan fingerprint density at radius 2 is 0.974 bits per heavy atom. The molecule has 5 aromatic carbocycles. The lowest BCUT2D eigenvalue weighted by Crippen LogP contribution is -2.32. The van der Waals surface area contributed by atoms with E-state index in [9.17, 15) is 0 Å². The molecule has 39 heavy (non-hydrogen) atoms. The van der Waals surface area contributed by atoms with Gasteiger partial charge in [-0.2, -0.15) is 0 Å². The predicted octanol–water partition coefficient (Wildman–Crippen LogP) is 5.61. The first kappa shape index (κ1) is 26.7. The van der Waals surface area contributed by atoms with E-state index in [-0.39, 0.29) is 0 Å². The van der Waals surface area contributed by atoms with Crippen LogP contribution in [-0.2, 0) is 0 Å². The van der Waals surface area contributed by atoms with E-state index in [1.807, 2.05) is 42.5 Å². The number of rotatable bonds is 8. The molecule has 0 saturated carbocycles. The third kappa shape index (κ3) is 6.07. The molecular formula is C34H31NO2P2. The van der Waals surface area contributed by atoms with Gasteiger partial charge in [-0.05, 0) is 44.7 Å². The van der Waals surface area contributed by atoms with Gasteiger partial charge in [-0.25, -0.2) is 0 Å².